The van der Waals surface area contributed by atoms with Crippen molar-refractivity contribution in [3.63, 3.8) is 0 Å². The molecule has 0 N–H and O–H groups in total. The molecule has 0 unspecified atom stereocenters. The second kappa shape index (κ2) is 8.40. The number of amides is 1. The first kappa shape index (κ1) is 19.8. The third kappa shape index (κ3) is 4.15. The van der Waals surface area contributed by atoms with Crippen LogP contribution < -0.4 is 4.31 Å². The number of aryl methyl sites for hydroxylation is 2. The average Bonchev–Trinajstić information content (AvgIpc) is 2.71. The molecule has 5 heteroatoms. The smallest absolute Gasteiger partial charge is 0.270 e. The van der Waals surface area contributed by atoms with Gasteiger partial charge in [0.05, 0.1) is 10.6 Å². The van der Waals surface area contributed by atoms with Gasteiger partial charge in [0.1, 0.15) is 0 Å². The minimum Gasteiger partial charge on any atom is -0.273 e. The summed E-state index contributed by atoms with van der Waals surface area (Å²) < 4.78 is 27.7. The summed E-state index contributed by atoms with van der Waals surface area (Å²) in [6.45, 7) is 3.74. The van der Waals surface area contributed by atoms with Gasteiger partial charge >= 0.3 is 0 Å². The quantitative estimate of drug-likeness (QED) is 0.612. The van der Waals surface area contributed by atoms with E-state index in [1.165, 1.54) is 12.1 Å². The molecule has 0 atom stereocenters. The Kier molecular flexibility index (Phi) is 5.95. The molecule has 4 nitrogen and oxygen atoms in total. The molecular formula is C23H23NO3S. The fourth-order valence-electron chi connectivity index (χ4n) is 3.05. The van der Waals surface area contributed by atoms with Crippen LogP contribution in [0.4, 0.5) is 5.69 Å². The standard InChI is InChI=1S/C23H23NO3S/c1-18-10-9-15-22(19(18)2)24(28(26,27)21-13-7-4-8-14-21)23(25)17-16-20-11-5-3-6-12-20/h3-15H,16-17H2,1-2H3. The molecule has 144 valence electrons. The predicted octanol–water partition coefficient (Wildman–Crippen LogP) is 4.66. The van der Waals surface area contributed by atoms with Crippen molar-refractivity contribution in [3.8, 4) is 0 Å². The van der Waals surface area contributed by atoms with Gasteiger partial charge in [-0.25, -0.2) is 12.7 Å². The molecule has 0 bridgehead atoms. The van der Waals surface area contributed by atoms with Crippen molar-refractivity contribution in [2.75, 3.05) is 4.31 Å². The minimum absolute atomic E-state index is 0.101. The highest BCUT2D eigenvalue weighted by Gasteiger charge is 2.31. The summed E-state index contributed by atoms with van der Waals surface area (Å²) in [5, 5.41) is 0. The maximum absolute atomic E-state index is 13.4. The monoisotopic (exact) mass is 393 g/mol. The number of sulfonamides is 1. The van der Waals surface area contributed by atoms with Crippen LogP contribution in [0.3, 0.4) is 0 Å². The van der Waals surface area contributed by atoms with E-state index in [-0.39, 0.29) is 11.3 Å². The van der Waals surface area contributed by atoms with E-state index in [2.05, 4.69) is 0 Å². The van der Waals surface area contributed by atoms with Gasteiger partial charge in [-0.05, 0) is 55.2 Å². The number of hydrogen-bond donors (Lipinski definition) is 0. The number of carbonyl (C=O) groups excluding carboxylic acids is 1. The van der Waals surface area contributed by atoms with Gasteiger partial charge in [0.15, 0.2) is 0 Å². The Morgan fingerprint density at radius 3 is 2.07 bits per heavy atom. The van der Waals surface area contributed by atoms with Crippen LogP contribution in [0.25, 0.3) is 0 Å². The summed E-state index contributed by atoms with van der Waals surface area (Å²) in [6, 6.07) is 23.0. The molecule has 0 heterocycles. The number of hydrogen-bond acceptors (Lipinski definition) is 3. The maximum Gasteiger partial charge on any atom is 0.270 e. The maximum atomic E-state index is 13.4. The van der Waals surface area contributed by atoms with Crippen LogP contribution in [-0.2, 0) is 21.2 Å². The van der Waals surface area contributed by atoms with Crippen molar-refractivity contribution < 1.29 is 13.2 Å². The molecule has 0 aliphatic heterocycles. The van der Waals surface area contributed by atoms with E-state index < -0.39 is 15.9 Å². The Balaban J connectivity index is 2.02. The van der Waals surface area contributed by atoms with E-state index in [0.717, 1.165) is 21.0 Å². The summed E-state index contributed by atoms with van der Waals surface area (Å²) in [5.74, 6) is -0.443. The number of rotatable bonds is 6. The summed E-state index contributed by atoms with van der Waals surface area (Å²) >= 11 is 0. The van der Waals surface area contributed by atoms with Gasteiger partial charge in [-0.1, -0.05) is 60.7 Å². The number of nitrogens with zero attached hydrogens (tertiary/aromatic N) is 1. The summed E-state index contributed by atoms with van der Waals surface area (Å²) in [4.78, 5) is 13.2. The highest BCUT2D eigenvalue weighted by atomic mass is 32.2. The Hall–Kier alpha value is -2.92. The van der Waals surface area contributed by atoms with Gasteiger partial charge in [-0.15, -0.1) is 0 Å². The summed E-state index contributed by atoms with van der Waals surface area (Å²) in [7, 11) is -4.01. The Morgan fingerprint density at radius 1 is 0.821 bits per heavy atom. The highest BCUT2D eigenvalue weighted by Crippen LogP contribution is 2.29. The molecule has 0 saturated heterocycles. The van der Waals surface area contributed by atoms with E-state index >= 15 is 0 Å². The predicted molar refractivity (Wildman–Crippen MR) is 112 cm³/mol. The molecule has 3 aromatic carbocycles. The molecule has 3 rings (SSSR count). The van der Waals surface area contributed by atoms with Crippen LogP contribution in [0, 0.1) is 13.8 Å². The number of benzene rings is 3. The number of anilines is 1. The molecule has 0 aliphatic rings. The minimum atomic E-state index is -4.01. The second-order valence-electron chi connectivity index (χ2n) is 6.68. The zero-order chi connectivity index (χ0) is 20.1. The molecule has 0 fully saturated rings. The fourth-order valence-corrected chi connectivity index (χ4v) is 4.58. The molecule has 1 amide bonds. The molecule has 28 heavy (non-hydrogen) atoms. The molecule has 0 aliphatic carbocycles. The second-order valence-corrected chi connectivity index (χ2v) is 8.47. The van der Waals surface area contributed by atoms with Gasteiger partial charge in [0.25, 0.3) is 10.0 Å². The van der Waals surface area contributed by atoms with Crippen molar-refractivity contribution >= 4 is 21.6 Å². The lowest BCUT2D eigenvalue weighted by Crippen LogP contribution is -2.37. The van der Waals surface area contributed by atoms with Gasteiger partial charge in [-0.2, -0.15) is 0 Å². The number of carbonyl (C=O) groups is 1. The topological polar surface area (TPSA) is 54.5 Å². The van der Waals surface area contributed by atoms with Gasteiger partial charge in [0, 0.05) is 6.42 Å². The van der Waals surface area contributed by atoms with Crippen LogP contribution in [0.5, 0.6) is 0 Å². The molecule has 0 radical (unpaired) electrons. The lowest BCUT2D eigenvalue weighted by molar-refractivity contribution is -0.117. The third-order valence-corrected chi connectivity index (χ3v) is 6.52. The van der Waals surface area contributed by atoms with Crippen molar-refractivity contribution in [1.82, 2.24) is 0 Å². The first-order chi connectivity index (χ1) is 13.4. The van der Waals surface area contributed by atoms with E-state index in [0.29, 0.717) is 12.1 Å². The van der Waals surface area contributed by atoms with Crippen LogP contribution in [-0.4, -0.2) is 14.3 Å². The first-order valence-electron chi connectivity index (χ1n) is 9.14. The van der Waals surface area contributed by atoms with Crippen molar-refractivity contribution in [2.24, 2.45) is 0 Å². The Labute approximate surface area is 166 Å². The lowest BCUT2D eigenvalue weighted by Gasteiger charge is -2.25. The molecule has 0 saturated carbocycles. The van der Waals surface area contributed by atoms with E-state index in [1.54, 1.807) is 30.3 Å². The Morgan fingerprint density at radius 2 is 1.43 bits per heavy atom. The first-order valence-corrected chi connectivity index (χ1v) is 10.6. The van der Waals surface area contributed by atoms with Crippen LogP contribution >= 0.6 is 0 Å². The van der Waals surface area contributed by atoms with Gasteiger partial charge in [0.2, 0.25) is 5.91 Å². The zero-order valence-corrected chi connectivity index (χ0v) is 16.8. The van der Waals surface area contributed by atoms with Crippen molar-refractivity contribution in [2.45, 2.75) is 31.6 Å². The van der Waals surface area contributed by atoms with Gasteiger partial charge < -0.3 is 0 Å². The van der Waals surface area contributed by atoms with Crippen LogP contribution in [0.1, 0.15) is 23.1 Å². The molecular weight excluding hydrogens is 370 g/mol. The van der Waals surface area contributed by atoms with E-state index in [1.807, 2.05) is 50.2 Å². The average molecular weight is 394 g/mol. The third-order valence-electron chi connectivity index (χ3n) is 4.77. The SMILES string of the molecule is Cc1cccc(N(C(=O)CCc2ccccc2)S(=O)(=O)c2ccccc2)c1C. The highest BCUT2D eigenvalue weighted by molar-refractivity contribution is 7.93. The van der Waals surface area contributed by atoms with E-state index in [9.17, 15) is 13.2 Å². The summed E-state index contributed by atoms with van der Waals surface area (Å²) in [5.41, 5.74) is 3.10. The molecule has 3 aromatic rings. The molecule has 0 spiro atoms. The van der Waals surface area contributed by atoms with Crippen LogP contribution in [0.15, 0.2) is 83.8 Å². The van der Waals surface area contributed by atoms with Crippen molar-refractivity contribution in [1.29, 1.82) is 0 Å². The van der Waals surface area contributed by atoms with Gasteiger partial charge in [-0.3, -0.25) is 4.79 Å². The summed E-state index contributed by atoms with van der Waals surface area (Å²) in [6.07, 6.45) is 0.578. The zero-order valence-electron chi connectivity index (χ0n) is 16.0. The van der Waals surface area contributed by atoms with E-state index in [4.69, 9.17) is 0 Å². The lowest BCUT2D eigenvalue weighted by atomic mass is 10.1. The fraction of sp³-hybridized carbons (Fsp3) is 0.174. The Bertz CT molecular complexity index is 1060. The largest absolute Gasteiger partial charge is 0.273 e. The molecule has 0 aromatic heterocycles. The van der Waals surface area contributed by atoms with Crippen molar-refractivity contribution in [3.05, 3.63) is 95.6 Å². The normalized spacial score (nSPS) is 11.2. The van der Waals surface area contributed by atoms with Crippen LogP contribution in [0.2, 0.25) is 0 Å².